The van der Waals surface area contributed by atoms with Crippen LogP contribution in [-0.2, 0) is 11.3 Å². The lowest BCUT2D eigenvalue weighted by Gasteiger charge is -2.08. The van der Waals surface area contributed by atoms with Crippen molar-refractivity contribution >= 4 is 17.7 Å². The summed E-state index contributed by atoms with van der Waals surface area (Å²) in [6.07, 6.45) is 1.67. The summed E-state index contributed by atoms with van der Waals surface area (Å²) in [4.78, 5) is 22.5. The lowest BCUT2D eigenvalue weighted by Crippen LogP contribution is -2.07. The van der Waals surface area contributed by atoms with E-state index in [1.807, 2.05) is 0 Å². The van der Waals surface area contributed by atoms with Crippen molar-refractivity contribution in [3.63, 3.8) is 0 Å². The number of nitro groups is 1. The van der Waals surface area contributed by atoms with E-state index in [-0.39, 0.29) is 12.3 Å². The number of carbonyl (C=O) groups is 1. The first-order valence-corrected chi connectivity index (χ1v) is 6.65. The molecule has 0 bridgehead atoms. The molecule has 5 heteroatoms. The molecule has 112 valence electrons. The van der Waals surface area contributed by atoms with Crippen LogP contribution in [0.15, 0.2) is 49.0 Å². The molecule has 0 aliphatic heterocycles. The van der Waals surface area contributed by atoms with Crippen LogP contribution < -0.4 is 0 Å². The second kappa shape index (κ2) is 6.67. The van der Waals surface area contributed by atoms with Gasteiger partial charge in [0, 0.05) is 6.07 Å². The maximum atomic E-state index is 12.0. The number of esters is 1. The number of carbonyl (C=O) groups excluding carboxylic acids is 1. The molecule has 0 aliphatic rings. The van der Waals surface area contributed by atoms with E-state index in [4.69, 9.17) is 4.74 Å². The average molecular weight is 297 g/mol. The zero-order chi connectivity index (χ0) is 16.1. The van der Waals surface area contributed by atoms with Crippen LogP contribution in [0.25, 0.3) is 6.08 Å². The molecule has 0 spiro atoms. The summed E-state index contributed by atoms with van der Waals surface area (Å²) in [6.45, 7) is 5.25. The van der Waals surface area contributed by atoms with E-state index in [9.17, 15) is 14.9 Å². The summed E-state index contributed by atoms with van der Waals surface area (Å²) < 4.78 is 5.19. The Hall–Kier alpha value is -2.95. The molecule has 0 unspecified atom stereocenters. The number of nitrogens with zero attached hydrogens (tertiary/aromatic N) is 1. The zero-order valence-corrected chi connectivity index (χ0v) is 12.1. The highest BCUT2D eigenvalue weighted by Crippen LogP contribution is 2.23. The predicted octanol–water partition coefficient (Wildman–Crippen LogP) is 3.90. The Morgan fingerprint density at radius 1 is 1.27 bits per heavy atom. The second-order valence-corrected chi connectivity index (χ2v) is 4.73. The van der Waals surface area contributed by atoms with Crippen LogP contribution in [0.4, 0.5) is 5.69 Å². The minimum atomic E-state index is -0.520. The number of nitro benzene ring substituents is 1. The molecule has 0 heterocycles. The van der Waals surface area contributed by atoms with Gasteiger partial charge in [0.05, 0.1) is 16.1 Å². The highest BCUT2D eigenvalue weighted by Gasteiger charge is 2.17. The van der Waals surface area contributed by atoms with Gasteiger partial charge in [0.2, 0.25) is 0 Å². The summed E-state index contributed by atoms with van der Waals surface area (Å²) in [7, 11) is 0. The Morgan fingerprint density at radius 3 is 2.55 bits per heavy atom. The summed E-state index contributed by atoms with van der Waals surface area (Å²) in [6, 6.07) is 11.5. The Kier molecular flexibility index (Phi) is 4.68. The van der Waals surface area contributed by atoms with Gasteiger partial charge >= 0.3 is 5.97 Å². The topological polar surface area (TPSA) is 69.4 Å². The average Bonchev–Trinajstić information content (AvgIpc) is 2.53. The van der Waals surface area contributed by atoms with E-state index in [2.05, 4.69) is 6.58 Å². The third-order valence-corrected chi connectivity index (χ3v) is 3.31. The van der Waals surface area contributed by atoms with Crippen molar-refractivity contribution in [3.8, 4) is 0 Å². The van der Waals surface area contributed by atoms with Gasteiger partial charge in [-0.3, -0.25) is 10.1 Å². The van der Waals surface area contributed by atoms with Gasteiger partial charge in [-0.25, -0.2) is 4.79 Å². The zero-order valence-electron chi connectivity index (χ0n) is 12.1. The number of benzene rings is 2. The van der Waals surface area contributed by atoms with Gasteiger partial charge in [-0.15, -0.1) is 0 Å². The van der Waals surface area contributed by atoms with Crippen molar-refractivity contribution < 1.29 is 14.5 Å². The van der Waals surface area contributed by atoms with Gasteiger partial charge in [0.25, 0.3) is 5.69 Å². The largest absolute Gasteiger partial charge is 0.457 e. The summed E-state index contributed by atoms with van der Waals surface area (Å²) in [5.41, 5.74) is 2.36. The molecule has 2 aromatic carbocycles. The van der Waals surface area contributed by atoms with Crippen molar-refractivity contribution in [1.29, 1.82) is 0 Å². The van der Waals surface area contributed by atoms with Crippen LogP contribution >= 0.6 is 0 Å². The van der Waals surface area contributed by atoms with Crippen molar-refractivity contribution in [3.05, 3.63) is 81.4 Å². The third kappa shape index (κ3) is 3.38. The molecule has 0 saturated heterocycles. The Labute approximate surface area is 128 Å². The van der Waals surface area contributed by atoms with Gasteiger partial charge in [-0.1, -0.05) is 36.9 Å². The molecule has 0 aromatic heterocycles. The highest BCUT2D eigenvalue weighted by molar-refractivity contribution is 5.89. The Balaban J connectivity index is 2.14. The lowest BCUT2D eigenvalue weighted by molar-refractivity contribution is -0.385. The quantitative estimate of drug-likeness (QED) is 0.476. The number of hydrogen-bond acceptors (Lipinski definition) is 4. The normalized spacial score (nSPS) is 10.0. The number of rotatable bonds is 5. The Morgan fingerprint density at radius 2 is 1.95 bits per heavy atom. The molecule has 0 fully saturated rings. The number of hydrogen-bond donors (Lipinski definition) is 0. The van der Waals surface area contributed by atoms with E-state index in [0.717, 1.165) is 5.56 Å². The SMILES string of the molecule is C=Cc1ccc(C(=O)OCc2c(C)cccc2[N+](=O)[O-])cc1. The van der Waals surface area contributed by atoms with Gasteiger partial charge in [0.1, 0.15) is 6.61 Å². The fraction of sp³-hybridized carbons (Fsp3) is 0.118. The minimum Gasteiger partial charge on any atom is -0.457 e. The molecule has 22 heavy (non-hydrogen) atoms. The van der Waals surface area contributed by atoms with Crippen LogP contribution in [0.1, 0.15) is 27.0 Å². The summed E-state index contributed by atoms with van der Waals surface area (Å²) in [5.74, 6) is -0.520. The molecule has 0 aliphatic carbocycles. The van der Waals surface area contributed by atoms with E-state index >= 15 is 0 Å². The molecule has 2 aromatic rings. The van der Waals surface area contributed by atoms with Crippen LogP contribution in [0.5, 0.6) is 0 Å². The second-order valence-electron chi connectivity index (χ2n) is 4.73. The molecule has 2 rings (SSSR count). The first-order valence-electron chi connectivity index (χ1n) is 6.65. The van der Waals surface area contributed by atoms with Gasteiger partial charge in [-0.05, 0) is 30.2 Å². The van der Waals surface area contributed by atoms with Gasteiger partial charge in [0.15, 0.2) is 0 Å². The van der Waals surface area contributed by atoms with Gasteiger partial charge < -0.3 is 4.74 Å². The van der Waals surface area contributed by atoms with Crippen LogP contribution in [0, 0.1) is 17.0 Å². The minimum absolute atomic E-state index is 0.0465. The van der Waals surface area contributed by atoms with Crippen LogP contribution in [-0.4, -0.2) is 10.9 Å². The molecule has 0 N–H and O–H groups in total. The van der Waals surface area contributed by atoms with Crippen LogP contribution in [0.2, 0.25) is 0 Å². The first-order chi connectivity index (χ1) is 10.5. The van der Waals surface area contributed by atoms with E-state index < -0.39 is 10.9 Å². The van der Waals surface area contributed by atoms with Crippen molar-refractivity contribution in [1.82, 2.24) is 0 Å². The van der Waals surface area contributed by atoms with E-state index in [1.165, 1.54) is 6.07 Å². The molecule has 5 nitrogen and oxygen atoms in total. The molecular formula is C17H15NO4. The standard InChI is InChI=1S/C17H15NO4/c1-3-13-7-9-14(10-8-13)17(19)22-11-15-12(2)5-4-6-16(15)18(20)21/h3-10H,1,11H2,2H3. The molecule has 0 amide bonds. The summed E-state index contributed by atoms with van der Waals surface area (Å²) >= 11 is 0. The summed E-state index contributed by atoms with van der Waals surface area (Å²) in [5, 5.41) is 11.0. The van der Waals surface area contributed by atoms with Crippen molar-refractivity contribution in [2.75, 3.05) is 0 Å². The van der Waals surface area contributed by atoms with Crippen LogP contribution in [0.3, 0.4) is 0 Å². The smallest absolute Gasteiger partial charge is 0.338 e. The van der Waals surface area contributed by atoms with Crippen molar-refractivity contribution in [2.24, 2.45) is 0 Å². The lowest BCUT2D eigenvalue weighted by atomic mass is 10.1. The number of aryl methyl sites for hydroxylation is 1. The third-order valence-electron chi connectivity index (χ3n) is 3.31. The molecule has 0 atom stereocenters. The fourth-order valence-electron chi connectivity index (χ4n) is 2.02. The maximum Gasteiger partial charge on any atom is 0.338 e. The highest BCUT2D eigenvalue weighted by atomic mass is 16.6. The molecule has 0 radical (unpaired) electrons. The fourth-order valence-corrected chi connectivity index (χ4v) is 2.02. The van der Waals surface area contributed by atoms with E-state index in [1.54, 1.807) is 49.4 Å². The number of ether oxygens (including phenoxy) is 1. The van der Waals surface area contributed by atoms with Crippen molar-refractivity contribution in [2.45, 2.75) is 13.5 Å². The maximum absolute atomic E-state index is 12.0. The molecule has 0 saturated carbocycles. The Bertz CT molecular complexity index is 720. The monoisotopic (exact) mass is 297 g/mol. The van der Waals surface area contributed by atoms with Gasteiger partial charge in [-0.2, -0.15) is 0 Å². The predicted molar refractivity (Wildman–Crippen MR) is 83.5 cm³/mol. The molecular weight excluding hydrogens is 282 g/mol. The first kappa shape index (κ1) is 15.4. The van der Waals surface area contributed by atoms with E-state index in [0.29, 0.717) is 16.7 Å².